The van der Waals surface area contributed by atoms with Crippen LogP contribution in [0.5, 0.6) is 5.75 Å². The molecule has 0 saturated heterocycles. The fourth-order valence-electron chi connectivity index (χ4n) is 2.13. The number of methoxy groups -OCH3 is 1. The SMILES string of the molecule is CCc1cc(C(CCO)N(C)C)ccc1OC. The molecule has 0 saturated carbocycles. The lowest BCUT2D eigenvalue weighted by Crippen LogP contribution is -2.21. The van der Waals surface area contributed by atoms with Gasteiger partial charge < -0.3 is 14.7 Å². The maximum absolute atomic E-state index is 9.12. The molecule has 1 aromatic carbocycles. The Morgan fingerprint density at radius 3 is 2.53 bits per heavy atom. The number of hydrogen-bond acceptors (Lipinski definition) is 3. The Balaban J connectivity index is 3.03. The molecule has 1 unspecified atom stereocenters. The van der Waals surface area contributed by atoms with Gasteiger partial charge in [0.1, 0.15) is 5.75 Å². The maximum atomic E-state index is 9.12. The van der Waals surface area contributed by atoms with Gasteiger partial charge in [0.05, 0.1) is 7.11 Å². The van der Waals surface area contributed by atoms with Gasteiger partial charge in [0.2, 0.25) is 0 Å². The number of ether oxygens (including phenoxy) is 1. The molecule has 0 bridgehead atoms. The van der Waals surface area contributed by atoms with Crippen LogP contribution in [0.25, 0.3) is 0 Å². The molecule has 17 heavy (non-hydrogen) atoms. The van der Waals surface area contributed by atoms with Crippen molar-refractivity contribution in [2.45, 2.75) is 25.8 Å². The second-order valence-corrected chi connectivity index (χ2v) is 4.42. The van der Waals surface area contributed by atoms with Crippen LogP contribution in [0.3, 0.4) is 0 Å². The van der Waals surface area contributed by atoms with Crippen LogP contribution in [0.4, 0.5) is 0 Å². The summed E-state index contributed by atoms with van der Waals surface area (Å²) in [6, 6.07) is 6.54. The van der Waals surface area contributed by atoms with E-state index in [0.29, 0.717) is 0 Å². The van der Waals surface area contributed by atoms with Crippen molar-refractivity contribution >= 4 is 0 Å². The standard InChI is InChI=1S/C14H23NO2/c1-5-11-10-12(6-7-14(11)17-4)13(8-9-16)15(2)3/h6-7,10,13,16H,5,8-9H2,1-4H3. The summed E-state index contributed by atoms with van der Waals surface area (Å²) in [5.74, 6) is 0.942. The molecule has 3 nitrogen and oxygen atoms in total. The number of hydrogen-bond donors (Lipinski definition) is 1. The number of aryl methyl sites for hydroxylation is 1. The van der Waals surface area contributed by atoms with Crippen molar-refractivity contribution in [1.29, 1.82) is 0 Å². The maximum Gasteiger partial charge on any atom is 0.122 e. The van der Waals surface area contributed by atoms with E-state index in [9.17, 15) is 0 Å². The van der Waals surface area contributed by atoms with Crippen LogP contribution in [0.15, 0.2) is 18.2 Å². The quantitative estimate of drug-likeness (QED) is 0.823. The summed E-state index contributed by atoms with van der Waals surface area (Å²) in [6.45, 7) is 2.33. The van der Waals surface area contributed by atoms with Crippen molar-refractivity contribution in [3.63, 3.8) is 0 Å². The third kappa shape index (κ3) is 3.45. The van der Waals surface area contributed by atoms with Crippen LogP contribution in [-0.4, -0.2) is 37.8 Å². The highest BCUT2D eigenvalue weighted by molar-refractivity contribution is 5.38. The molecule has 0 aromatic heterocycles. The first-order valence-corrected chi connectivity index (χ1v) is 6.08. The lowest BCUT2D eigenvalue weighted by molar-refractivity contribution is 0.210. The predicted octanol–water partition coefficient (Wildman–Crippen LogP) is 2.24. The number of aliphatic hydroxyl groups excluding tert-OH is 1. The first-order valence-electron chi connectivity index (χ1n) is 6.08. The van der Waals surface area contributed by atoms with E-state index in [0.717, 1.165) is 18.6 Å². The van der Waals surface area contributed by atoms with Crippen molar-refractivity contribution in [2.75, 3.05) is 27.8 Å². The van der Waals surface area contributed by atoms with Gasteiger partial charge in [-0.3, -0.25) is 0 Å². The van der Waals surface area contributed by atoms with E-state index in [1.54, 1.807) is 7.11 Å². The Labute approximate surface area is 104 Å². The van der Waals surface area contributed by atoms with Crippen molar-refractivity contribution < 1.29 is 9.84 Å². The highest BCUT2D eigenvalue weighted by Gasteiger charge is 2.14. The average molecular weight is 237 g/mol. The van der Waals surface area contributed by atoms with Gasteiger partial charge in [0.15, 0.2) is 0 Å². The normalized spacial score (nSPS) is 12.8. The fraction of sp³-hybridized carbons (Fsp3) is 0.571. The summed E-state index contributed by atoms with van der Waals surface area (Å²) in [6.07, 6.45) is 1.71. The van der Waals surface area contributed by atoms with Crippen LogP contribution in [0, 0.1) is 0 Å². The molecule has 1 N–H and O–H groups in total. The minimum atomic E-state index is 0.205. The first-order chi connectivity index (χ1) is 8.13. The summed E-state index contributed by atoms with van der Waals surface area (Å²) in [5, 5.41) is 9.12. The molecule has 0 spiro atoms. The largest absolute Gasteiger partial charge is 0.496 e. The summed E-state index contributed by atoms with van der Waals surface area (Å²) in [4.78, 5) is 2.14. The van der Waals surface area contributed by atoms with Gasteiger partial charge in [0.25, 0.3) is 0 Å². The van der Waals surface area contributed by atoms with E-state index in [-0.39, 0.29) is 12.6 Å². The highest BCUT2D eigenvalue weighted by atomic mass is 16.5. The molecule has 0 radical (unpaired) electrons. The van der Waals surface area contributed by atoms with Crippen molar-refractivity contribution in [2.24, 2.45) is 0 Å². The lowest BCUT2D eigenvalue weighted by Gasteiger charge is -2.25. The number of aliphatic hydroxyl groups is 1. The molecule has 1 rings (SSSR count). The van der Waals surface area contributed by atoms with Gasteiger partial charge >= 0.3 is 0 Å². The topological polar surface area (TPSA) is 32.7 Å². The van der Waals surface area contributed by atoms with E-state index < -0.39 is 0 Å². The van der Waals surface area contributed by atoms with Crippen LogP contribution in [-0.2, 0) is 6.42 Å². The van der Waals surface area contributed by atoms with Crippen LogP contribution < -0.4 is 4.74 Å². The lowest BCUT2D eigenvalue weighted by atomic mass is 9.99. The summed E-state index contributed by atoms with van der Waals surface area (Å²) < 4.78 is 5.33. The molecule has 3 heteroatoms. The Hall–Kier alpha value is -1.06. The molecule has 0 aliphatic rings. The molecule has 0 heterocycles. The predicted molar refractivity (Wildman–Crippen MR) is 70.5 cm³/mol. The minimum Gasteiger partial charge on any atom is -0.496 e. The molecule has 0 aliphatic carbocycles. The van der Waals surface area contributed by atoms with E-state index >= 15 is 0 Å². The Bertz CT molecular complexity index is 350. The van der Waals surface area contributed by atoms with Gasteiger partial charge in [0, 0.05) is 12.6 Å². The first kappa shape index (κ1) is 14.0. The van der Waals surface area contributed by atoms with Crippen molar-refractivity contribution in [3.05, 3.63) is 29.3 Å². The zero-order chi connectivity index (χ0) is 12.8. The highest BCUT2D eigenvalue weighted by Crippen LogP contribution is 2.27. The Morgan fingerprint density at radius 1 is 1.35 bits per heavy atom. The fourth-order valence-corrected chi connectivity index (χ4v) is 2.13. The third-order valence-electron chi connectivity index (χ3n) is 3.10. The van der Waals surface area contributed by atoms with Crippen molar-refractivity contribution in [1.82, 2.24) is 4.90 Å². The Kier molecular flexibility index (Phi) is 5.45. The third-order valence-corrected chi connectivity index (χ3v) is 3.10. The van der Waals surface area contributed by atoms with Crippen LogP contribution in [0.2, 0.25) is 0 Å². The second kappa shape index (κ2) is 6.62. The molecule has 1 atom stereocenters. The van der Waals surface area contributed by atoms with Crippen molar-refractivity contribution in [3.8, 4) is 5.75 Å². The Morgan fingerprint density at radius 2 is 2.06 bits per heavy atom. The average Bonchev–Trinajstić information content (AvgIpc) is 2.34. The molecule has 1 aromatic rings. The van der Waals surface area contributed by atoms with Gasteiger partial charge in [-0.1, -0.05) is 19.1 Å². The van der Waals surface area contributed by atoms with Gasteiger partial charge in [-0.2, -0.15) is 0 Å². The van der Waals surface area contributed by atoms with E-state index in [1.165, 1.54) is 11.1 Å². The zero-order valence-electron chi connectivity index (χ0n) is 11.2. The molecule has 0 aliphatic heterocycles. The van der Waals surface area contributed by atoms with E-state index in [4.69, 9.17) is 9.84 Å². The summed E-state index contributed by atoms with van der Waals surface area (Å²) in [5.41, 5.74) is 2.46. The van der Waals surface area contributed by atoms with E-state index in [2.05, 4.69) is 24.0 Å². The molecular weight excluding hydrogens is 214 g/mol. The minimum absolute atomic E-state index is 0.205. The summed E-state index contributed by atoms with van der Waals surface area (Å²) >= 11 is 0. The molecule has 0 amide bonds. The number of nitrogens with zero attached hydrogens (tertiary/aromatic N) is 1. The zero-order valence-corrected chi connectivity index (χ0v) is 11.2. The number of benzene rings is 1. The van der Waals surface area contributed by atoms with Crippen LogP contribution in [0.1, 0.15) is 30.5 Å². The van der Waals surface area contributed by atoms with Crippen LogP contribution >= 0.6 is 0 Å². The molecule has 96 valence electrons. The number of rotatable bonds is 6. The monoisotopic (exact) mass is 237 g/mol. The van der Waals surface area contributed by atoms with Gasteiger partial charge in [-0.25, -0.2) is 0 Å². The molecular formula is C14H23NO2. The van der Waals surface area contributed by atoms with Gasteiger partial charge in [-0.15, -0.1) is 0 Å². The molecule has 0 fully saturated rings. The summed E-state index contributed by atoms with van der Waals surface area (Å²) in [7, 11) is 5.78. The smallest absolute Gasteiger partial charge is 0.122 e. The second-order valence-electron chi connectivity index (χ2n) is 4.42. The van der Waals surface area contributed by atoms with Gasteiger partial charge in [-0.05, 0) is 44.1 Å². The van der Waals surface area contributed by atoms with E-state index in [1.807, 2.05) is 20.2 Å².